The Balaban J connectivity index is 2.21. The van der Waals surface area contributed by atoms with E-state index < -0.39 is 11.9 Å². The number of rotatable bonds is 5. The number of aromatic carboxylic acids is 1. The third kappa shape index (κ3) is 3.21. The van der Waals surface area contributed by atoms with Crippen LogP contribution in [0.5, 0.6) is 0 Å². The van der Waals surface area contributed by atoms with Gasteiger partial charge in [-0.3, -0.25) is 4.79 Å². The summed E-state index contributed by atoms with van der Waals surface area (Å²) in [6.45, 7) is 0.115. The Labute approximate surface area is 111 Å². The van der Waals surface area contributed by atoms with Gasteiger partial charge in [-0.05, 0) is 25.0 Å². The van der Waals surface area contributed by atoms with E-state index in [-0.39, 0.29) is 18.2 Å². The number of primary amides is 1. The second-order valence-corrected chi connectivity index (χ2v) is 4.74. The lowest BCUT2D eigenvalue weighted by Crippen LogP contribution is -2.40. The molecule has 0 aliphatic heterocycles. The van der Waals surface area contributed by atoms with E-state index in [2.05, 4.69) is 4.98 Å². The molecule has 0 spiro atoms. The fourth-order valence-electron chi connectivity index (χ4n) is 2.46. The molecule has 102 valence electrons. The number of nitrogens with zero attached hydrogens (tertiary/aromatic N) is 2. The van der Waals surface area contributed by atoms with E-state index in [0.717, 1.165) is 25.7 Å². The summed E-state index contributed by atoms with van der Waals surface area (Å²) in [4.78, 5) is 28.0. The van der Waals surface area contributed by atoms with Crippen LogP contribution in [0.3, 0.4) is 0 Å². The molecule has 0 saturated heterocycles. The van der Waals surface area contributed by atoms with E-state index in [4.69, 9.17) is 10.8 Å². The SMILES string of the molecule is NC(=O)CN(c1ccc(C(=O)O)cn1)C1CCCC1. The van der Waals surface area contributed by atoms with Crippen LogP contribution in [-0.4, -0.2) is 34.6 Å². The van der Waals surface area contributed by atoms with E-state index in [9.17, 15) is 9.59 Å². The van der Waals surface area contributed by atoms with Crippen molar-refractivity contribution in [2.24, 2.45) is 5.73 Å². The Morgan fingerprint density at radius 3 is 2.53 bits per heavy atom. The van der Waals surface area contributed by atoms with E-state index in [1.54, 1.807) is 6.07 Å². The number of hydrogen-bond acceptors (Lipinski definition) is 4. The first-order chi connectivity index (χ1) is 9.08. The molecule has 0 aromatic carbocycles. The molecule has 1 amide bonds. The molecule has 6 heteroatoms. The van der Waals surface area contributed by atoms with Crippen molar-refractivity contribution in [3.05, 3.63) is 23.9 Å². The maximum Gasteiger partial charge on any atom is 0.337 e. The number of carbonyl (C=O) groups is 2. The number of anilines is 1. The molecule has 1 heterocycles. The summed E-state index contributed by atoms with van der Waals surface area (Å²) in [6.07, 6.45) is 5.59. The van der Waals surface area contributed by atoms with Gasteiger partial charge >= 0.3 is 5.97 Å². The first-order valence-corrected chi connectivity index (χ1v) is 6.32. The second kappa shape index (κ2) is 5.69. The molecule has 1 aromatic rings. The van der Waals surface area contributed by atoms with Crippen LogP contribution >= 0.6 is 0 Å². The highest BCUT2D eigenvalue weighted by Gasteiger charge is 2.25. The van der Waals surface area contributed by atoms with Gasteiger partial charge in [0.2, 0.25) is 5.91 Å². The lowest BCUT2D eigenvalue weighted by Gasteiger charge is -2.28. The van der Waals surface area contributed by atoms with E-state index in [0.29, 0.717) is 5.82 Å². The third-order valence-corrected chi connectivity index (χ3v) is 3.38. The zero-order valence-corrected chi connectivity index (χ0v) is 10.6. The maximum absolute atomic E-state index is 11.2. The van der Waals surface area contributed by atoms with Gasteiger partial charge in [-0.1, -0.05) is 12.8 Å². The van der Waals surface area contributed by atoms with Gasteiger partial charge in [-0.25, -0.2) is 9.78 Å². The lowest BCUT2D eigenvalue weighted by atomic mass is 10.2. The van der Waals surface area contributed by atoms with Crippen molar-refractivity contribution in [3.8, 4) is 0 Å². The number of nitrogens with two attached hydrogens (primary N) is 1. The van der Waals surface area contributed by atoms with Gasteiger partial charge in [0.25, 0.3) is 0 Å². The van der Waals surface area contributed by atoms with Crippen molar-refractivity contribution < 1.29 is 14.7 Å². The molecule has 0 bridgehead atoms. The molecule has 3 N–H and O–H groups in total. The average molecular weight is 263 g/mol. The zero-order valence-electron chi connectivity index (χ0n) is 10.6. The number of carboxylic acids is 1. The van der Waals surface area contributed by atoms with Gasteiger partial charge in [0.05, 0.1) is 12.1 Å². The molecular weight excluding hydrogens is 246 g/mol. The van der Waals surface area contributed by atoms with Crippen LogP contribution in [-0.2, 0) is 4.79 Å². The lowest BCUT2D eigenvalue weighted by molar-refractivity contribution is -0.116. The van der Waals surface area contributed by atoms with Crippen LogP contribution in [0.15, 0.2) is 18.3 Å². The third-order valence-electron chi connectivity index (χ3n) is 3.38. The summed E-state index contributed by atoms with van der Waals surface area (Å²) < 4.78 is 0. The van der Waals surface area contributed by atoms with E-state index >= 15 is 0 Å². The van der Waals surface area contributed by atoms with E-state index in [1.807, 2.05) is 4.90 Å². The van der Waals surface area contributed by atoms with Gasteiger partial charge in [0.1, 0.15) is 5.82 Å². The van der Waals surface area contributed by atoms with Crippen LogP contribution in [0, 0.1) is 0 Å². The fraction of sp³-hybridized carbons (Fsp3) is 0.462. The number of hydrogen-bond donors (Lipinski definition) is 2. The maximum atomic E-state index is 11.2. The Bertz CT molecular complexity index is 467. The molecule has 0 radical (unpaired) electrons. The molecule has 1 aliphatic rings. The van der Waals surface area contributed by atoms with Gasteiger partial charge in [0, 0.05) is 12.2 Å². The Hall–Kier alpha value is -2.11. The van der Waals surface area contributed by atoms with Crippen molar-refractivity contribution in [1.29, 1.82) is 0 Å². The topological polar surface area (TPSA) is 96.5 Å². The van der Waals surface area contributed by atoms with Crippen molar-refractivity contribution in [3.63, 3.8) is 0 Å². The normalized spacial score (nSPS) is 15.4. The van der Waals surface area contributed by atoms with Crippen molar-refractivity contribution in [2.75, 3.05) is 11.4 Å². The van der Waals surface area contributed by atoms with Crippen molar-refractivity contribution in [1.82, 2.24) is 4.98 Å². The van der Waals surface area contributed by atoms with Crippen molar-refractivity contribution >= 4 is 17.7 Å². The average Bonchev–Trinajstić information content (AvgIpc) is 2.89. The van der Waals surface area contributed by atoms with Gasteiger partial charge in [-0.15, -0.1) is 0 Å². The largest absolute Gasteiger partial charge is 0.478 e. The Morgan fingerprint density at radius 2 is 2.05 bits per heavy atom. The highest BCUT2D eigenvalue weighted by atomic mass is 16.4. The predicted octanol–water partition coefficient (Wildman–Crippen LogP) is 1.01. The molecule has 0 atom stereocenters. The monoisotopic (exact) mass is 263 g/mol. The predicted molar refractivity (Wildman–Crippen MR) is 70.0 cm³/mol. The van der Waals surface area contributed by atoms with Crippen LogP contribution < -0.4 is 10.6 Å². The molecule has 1 saturated carbocycles. The number of carbonyl (C=O) groups excluding carboxylic acids is 1. The fourth-order valence-corrected chi connectivity index (χ4v) is 2.46. The van der Waals surface area contributed by atoms with E-state index in [1.165, 1.54) is 12.3 Å². The van der Waals surface area contributed by atoms with Crippen LogP contribution in [0.2, 0.25) is 0 Å². The van der Waals surface area contributed by atoms with Crippen LogP contribution in [0.4, 0.5) is 5.82 Å². The summed E-state index contributed by atoms with van der Waals surface area (Å²) in [5, 5.41) is 8.84. The molecule has 2 rings (SSSR count). The van der Waals surface area contributed by atoms with Gasteiger partial charge < -0.3 is 15.7 Å². The number of carboxylic acid groups (broad SMARTS) is 1. The smallest absolute Gasteiger partial charge is 0.337 e. The van der Waals surface area contributed by atoms with Gasteiger partial charge in [0.15, 0.2) is 0 Å². The molecular formula is C13H17N3O3. The summed E-state index contributed by atoms with van der Waals surface area (Å²) in [7, 11) is 0. The quantitative estimate of drug-likeness (QED) is 0.826. The van der Waals surface area contributed by atoms with Crippen LogP contribution in [0.1, 0.15) is 36.0 Å². The highest BCUT2D eigenvalue weighted by Crippen LogP contribution is 2.26. The highest BCUT2D eigenvalue weighted by molar-refractivity contribution is 5.87. The van der Waals surface area contributed by atoms with Gasteiger partial charge in [-0.2, -0.15) is 0 Å². The first-order valence-electron chi connectivity index (χ1n) is 6.32. The molecule has 1 aliphatic carbocycles. The molecule has 1 fully saturated rings. The van der Waals surface area contributed by atoms with Crippen molar-refractivity contribution in [2.45, 2.75) is 31.7 Å². The summed E-state index contributed by atoms with van der Waals surface area (Å²) in [6, 6.07) is 3.38. The summed E-state index contributed by atoms with van der Waals surface area (Å²) in [5.41, 5.74) is 5.41. The second-order valence-electron chi connectivity index (χ2n) is 4.74. The molecule has 1 aromatic heterocycles. The first kappa shape index (κ1) is 13.3. The summed E-state index contributed by atoms with van der Waals surface area (Å²) in [5.74, 6) is -0.812. The number of pyridine rings is 1. The summed E-state index contributed by atoms with van der Waals surface area (Å²) >= 11 is 0. The van der Waals surface area contributed by atoms with Crippen LogP contribution in [0.25, 0.3) is 0 Å². The number of aromatic nitrogens is 1. The molecule has 6 nitrogen and oxygen atoms in total. The molecule has 19 heavy (non-hydrogen) atoms. The number of amides is 1. The Kier molecular flexibility index (Phi) is 3.99. The Morgan fingerprint density at radius 1 is 1.37 bits per heavy atom. The minimum Gasteiger partial charge on any atom is -0.478 e. The zero-order chi connectivity index (χ0) is 13.8. The minimum absolute atomic E-state index is 0.115. The molecule has 0 unspecified atom stereocenters. The minimum atomic E-state index is -1.01. The standard InChI is InChI=1S/C13H17N3O3/c14-11(17)8-16(10-3-1-2-4-10)12-6-5-9(7-15-12)13(18)19/h5-7,10H,1-4,8H2,(H2,14,17)(H,18,19).